The van der Waals surface area contributed by atoms with Gasteiger partial charge in [0.15, 0.2) is 0 Å². The molecule has 2 amide bonds. The number of sulfonamides is 1. The van der Waals surface area contributed by atoms with E-state index in [2.05, 4.69) is 5.32 Å². The van der Waals surface area contributed by atoms with Crippen molar-refractivity contribution in [3.8, 4) is 5.75 Å². The van der Waals surface area contributed by atoms with Gasteiger partial charge < -0.3 is 15.0 Å². The van der Waals surface area contributed by atoms with Crippen LogP contribution in [-0.4, -0.2) is 62.0 Å². The van der Waals surface area contributed by atoms with Crippen molar-refractivity contribution in [2.75, 3.05) is 24.2 Å². The first-order valence-corrected chi connectivity index (χ1v) is 13.6. The van der Waals surface area contributed by atoms with Gasteiger partial charge in [0.1, 0.15) is 18.3 Å². The zero-order valence-corrected chi connectivity index (χ0v) is 22.7. The van der Waals surface area contributed by atoms with E-state index in [4.69, 9.17) is 4.74 Å². The highest BCUT2D eigenvalue weighted by atomic mass is 32.2. The predicted octanol–water partition coefficient (Wildman–Crippen LogP) is 3.01. The smallest absolute Gasteiger partial charge is 0.271 e. The Bertz CT molecular complexity index is 1230. The number of ether oxygens (including phenoxy) is 1. The highest BCUT2D eigenvalue weighted by Crippen LogP contribution is 2.28. The molecule has 0 radical (unpaired) electrons. The van der Waals surface area contributed by atoms with Crippen LogP contribution < -0.4 is 14.4 Å². The van der Waals surface area contributed by atoms with Crippen molar-refractivity contribution in [3.05, 3.63) is 63.7 Å². The van der Waals surface area contributed by atoms with Crippen LogP contribution in [0.15, 0.2) is 42.5 Å². The Kier molecular flexibility index (Phi) is 10.0. The Morgan fingerprint density at radius 3 is 2.27 bits per heavy atom. The van der Waals surface area contributed by atoms with Crippen molar-refractivity contribution in [2.24, 2.45) is 0 Å². The summed E-state index contributed by atoms with van der Waals surface area (Å²) in [6.07, 6.45) is 1.62. The second kappa shape index (κ2) is 12.5. The van der Waals surface area contributed by atoms with Crippen molar-refractivity contribution < 1.29 is 27.7 Å². The summed E-state index contributed by atoms with van der Waals surface area (Å²) in [6.45, 7) is 6.32. The van der Waals surface area contributed by atoms with E-state index in [1.165, 1.54) is 24.1 Å². The summed E-state index contributed by atoms with van der Waals surface area (Å²) in [4.78, 5) is 38.5. The van der Waals surface area contributed by atoms with Gasteiger partial charge in [0, 0.05) is 24.7 Å². The first kappa shape index (κ1) is 29.6. The third kappa shape index (κ3) is 7.91. The Labute approximate surface area is 217 Å². The minimum absolute atomic E-state index is 0.0196. The summed E-state index contributed by atoms with van der Waals surface area (Å²) < 4.78 is 31.5. The first-order valence-electron chi connectivity index (χ1n) is 11.7. The lowest BCUT2D eigenvalue weighted by atomic mass is 10.1. The number of hydrogen-bond donors (Lipinski definition) is 1. The summed E-state index contributed by atoms with van der Waals surface area (Å²) in [5.74, 6) is -0.402. The average Bonchev–Trinajstić information content (AvgIpc) is 2.85. The molecule has 0 fully saturated rings. The number of methoxy groups -OCH3 is 1. The molecule has 2 aromatic carbocycles. The second-order valence-corrected chi connectivity index (χ2v) is 10.8. The molecular weight excluding hydrogens is 500 g/mol. The van der Waals surface area contributed by atoms with Gasteiger partial charge in [-0.25, -0.2) is 8.42 Å². The molecule has 0 aliphatic heterocycles. The maximum Gasteiger partial charge on any atom is 0.271 e. The largest absolute Gasteiger partial charge is 0.497 e. The average molecular weight is 535 g/mol. The van der Waals surface area contributed by atoms with E-state index in [9.17, 15) is 28.1 Å². The third-order valence-corrected chi connectivity index (χ3v) is 7.16. The zero-order valence-electron chi connectivity index (χ0n) is 21.9. The minimum Gasteiger partial charge on any atom is -0.497 e. The maximum absolute atomic E-state index is 13.6. The third-order valence-electron chi connectivity index (χ3n) is 6.03. The maximum atomic E-state index is 13.6. The molecule has 11 nitrogen and oxygen atoms in total. The van der Waals surface area contributed by atoms with Gasteiger partial charge in [0.2, 0.25) is 21.8 Å². The van der Waals surface area contributed by atoms with Gasteiger partial charge >= 0.3 is 0 Å². The van der Waals surface area contributed by atoms with Gasteiger partial charge in [-0.1, -0.05) is 25.1 Å². The number of carbonyl (C=O) groups is 2. The number of hydrogen-bond acceptors (Lipinski definition) is 7. The quantitative estimate of drug-likeness (QED) is 0.326. The molecule has 0 unspecified atom stereocenters. The number of nitro groups is 1. The molecule has 2 aromatic rings. The number of nitrogens with zero attached hydrogens (tertiary/aromatic N) is 3. The fourth-order valence-corrected chi connectivity index (χ4v) is 4.45. The molecule has 0 saturated carbocycles. The molecule has 202 valence electrons. The number of nitrogens with one attached hydrogen (secondary N) is 1. The molecule has 0 aliphatic carbocycles. The molecule has 0 bridgehead atoms. The molecule has 2 atom stereocenters. The van der Waals surface area contributed by atoms with E-state index in [1.807, 2.05) is 13.8 Å². The monoisotopic (exact) mass is 534 g/mol. The molecule has 0 saturated heterocycles. The zero-order chi connectivity index (χ0) is 27.9. The molecule has 12 heteroatoms. The fourth-order valence-electron chi connectivity index (χ4n) is 3.55. The molecular formula is C25H34N4O7S. The lowest BCUT2D eigenvalue weighted by Gasteiger charge is -2.32. The van der Waals surface area contributed by atoms with E-state index < -0.39 is 33.4 Å². The van der Waals surface area contributed by atoms with Crippen molar-refractivity contribution in [2.45, 2.75) is 52.7 Å². The Morgan fingerprint density at radius 1 is 1.14 bits per heavy atom. The van der Waals surface area contributed by atoms with Crippen LogP contribution in [0.2, 0.25) is 0 Å². The van der Waals surface area contributed by atoms with Gasteiger partial charge in [0.05, 0.1) is 24.0 Å². The molecule has 2 rings (SSSR count). The van der Waals surface area contributed by atoms with Crippen LogP contribution >= 0.6 is 0 Å². The number of aryl methyl sites for hydroxylation is 1. The van der Waals surface area contributed by atoms with Crippen molar-refractivity contribution >= 4 is 33.2 Å². The molecule has 1 N–H and O–H groups in total. The highest BCUT2D eigenvalue weighted by Gasteiger charge is 2.31. The van der Waals surface area contributed by atoms with Gasteiger partial charge in [0.25, 0.3) is 5.69 Å². The van der Waals surface area contributed by atoms with E-state index in [0.29, 0.717) is 23.3 Å². The lowest BCUT2D eigenvalue weighted by molar-refractivity contribution is -0.384. The van der Waals surface area contributed by atoms with Gasteiger partial charge in [-0.3, -0.25) is 24.0 Å². The Hall–Kier alpha value is -3.67. The molecule has 0 heterocycles. The van der Waals surface area contributed by atoms with Crippen LogP contribution in [0, 0.1) is 17.0 Å². The van der Waals surface area contributed by atoms with Crippen LogP contribution in [-0.2, 0) is 26.2 Å². The van der Waals surface area contributed by atoms with Crippen molar-refractivity contribution in [1.29, 1.82) is 0 Å². The van der Waals surface area contributed by atoms with Crippen LogP contribution in [0.3, 0.4) is 0 Å². The van der Waals surface area contributed by atoms with Crippen LogP contribution in [0.1, 0.15) is 38.3 Å². The summed E-state index contributed by atoms with van der Waals surface area (Å²) in [7, 11) is -2.49. The predicted molar refractivity (Wildman–Crippen MR) is 141 cm³/mol. The SMILES string of the molecule is CC[C@@H](C)NC(=O)[C@H](C)N(Cc1ccc(OC)cc1)C(=O)CN(c1cc([N+](=O)[O-])ccc1C)S(C)(=O)=O. The van der Waals surface area contributed by atoms with Gasteiger partial charge in [-0.05, 0) is 50.5 Å². The Balaban J connectivity index is 2.47. The number of anilines is 1. The summed E-state index contributed by atoms with van der Waals surface area (Å²) in [6, 6.07) is 9.70. The second-order valence-electron chi connectivity index (χ2n) is 8.86. The Morgan fingerprint density at radius 2 is 1.76 bits per heavy atom. The number of benzene rings is 2. The van der Waals surface area contributed by atoms with Gasteiger partial charge in [-0.2, -0.15) is 0 Å². The van der Waals surface area contributed by atoms with E-state index >= 15 is 0 Å². The van der Waals surface area contributed by atoms with Crippen LogP contribution in [0.25, 0.3) is 0 Å². The molecule has 37 heavy (non-hydrogen) atoms. The van der Waals surface area contributed by atoms with Crippen LogP contribution in [0.5, 0.6) is 5.75 Å². The van der Waals surface area contributed by atoms with Crippen molar-refractivity contribution in [1.82, 2.24) is 10.2 Å². The number of carbonyl (C=O) groups excluding carboxylic acids is 2. The number of amides is 2. The number of non-ortho nitro benzene ring substituents is 1. The number of nitro benzene ring substituents is 1. The molecule has 0 aromatic heterocycles. The van der Waals surface area contributed by atoms with E-state index in [-0.39, 0.29) is 29.9 Å². The van der Waals surface area contributed by atoms with Crippen molar-refractivity contribution in [3.63, 3.8) is 0 Å². The summed E-state index contributed by atoms with van der Waals surface area (Å²) >= 11 is 0. The topological polar surface area (TPSA) is 139 Å². The standard InChI is InChI=1S/C25H34N4O7S/c1-7-18(3)26-25(31)19(4)27(15-20-9-12-22(36-5)13-10-20)24(30)16-28(37(6,34)35)23-14-21(29(32)33)11-8-17(23)2/h8-14,18-19H,7,15-16H2,1-6H3,(H,26,31)/t18-,19+/m1/s1. The highest BCUT2D eigenvalue weighted by molar-refractivity contribution is 7.92. The first-order chi connectivity index (χ1) is 17.3. The normalized spacial score (nSPS) is 12.8. The number of rotatable bonds is 12. The molecule has 0 spiro atoms. The summed E-state index contributed by atoms with van der Waals surface area (Å²) in [5, 5.41) is 14.2. The van der Waals surface area contributed by atoms with E-state index in [1.54, 1.807) is 38.1 Å². The van der Waals surface area contributed by atoms with E-state index in [0.717, 1.165) is 16.6 Å². The minimum atomic E-state index is -4.02. The van der Waals surface area contributed by atoms with Crippen LogP contribution in [0.4, 0.5) is 11.4 Å². The van der Waals surface area contributed by atoms with Gasteiger partial charge in [-0.15, -0.1) is 0 Å². The fraction of sp³-hybridized carbons (Fsp3) is 0.440. The summed E-state index contributed by atoms with van der Waals surface area (Å²) in [5.41, 5.74) is 0.854. The molecule has 0 aliphatic rings. The lowest BCUT2D eigenvalue weighted by Crippen LogP contribution is -2.52.